The molecule has 204 valence electrons. The number of nitrogens with one attached hydrogen (secondary N) is 2. The summed E-state index contributed by atoms with van der Waals surface area (Å²) in [6, 6.07) is 19.1. The van der Waals surface area contributed by atoms with Crippen LogP contribution in [-0.2, 0) is 18.5 Å². The van der Waals surface area contributed by atoms with Crippen LogP contribution in [-0.4, -0.2) is 34.7 Å². The molecule has 8 heteroatoms. The maximum absolute atomic E-state index is 6.39. The fourth-order valence-electron chi connectivity index (χ4n) is 6.43. The van der Waals surface area contributed by atoms with Gasteiger partial charge in [0.05, 0.1) is 0 Å². The molecule has 3 aromatic rings. The SMILES string of the molecule is S=C(NCC1(c2cccc(Cl)c2)CCCCC1)Nc1nc(N2CCCCC2)cc(N2Cc3ccccc3C2)n1. The molecule has 1 aliphatic carbocycles. The Morgan fingerprint density at radius 1 is 0.821 bits per heavy atom. The molecule has 1 saturated carbocycles. The number of benzene rings is 2. The van der Waals surface area contributed by atoms with E-state index in [-0.39, 0.29) is 5.41 Å². The Kier molecular flexibility index (Phi) is 7.89. The van der Waals surface area contributed by atoms with Crippen LogP contribution >= 0.6 is 23.8 Å². The van der Waals surface area contributed by atoms with E-state index in [1.807, 2.05) is 6.07 Å². The number of hydrogen-bond acceptors (Lipinski definition) is 5. The second-order valence-electron chi connectivity index (χ2n) is 11.2. The van der Waals surface area contributed by atoms with E-state index >= 15 is 0 Å². The van der Waals surface area contributed by atoms with Gasteiger partial charge < -0.3 is 20.4 Å². The largest absolute Gasteiger partial charge is 0.361 e. The highest BCUT2D eigenvalue weighted by atomic mass is 35.5. The molecule has 0 spiro atoms. The molecule has 1 aromatic heterocycles. The smallest absolute Gasteiger partial charge is 0.232 e. The van der Waals surface area contributed by atoms with Crippen LogP contribution in [0.2, 0.25) is 5.02 Å². The van der Waals surface area contributed by atoms with Crippen LogP contribution in [0.4, 0.5) is 17.6 Å². The highest BCUT2D eigenvalue weighted by Crippen LogP contribution is 2.40. The number of anilines is 3. The zero-order chi connectivity index (χ0) is 26.7. The van der Waals surface area contributed by atoms with Gasteiger partial charge in [0.15, 0.2) is 5.11 Å². The van der Waals surface area contributed by atoms with Gasteiger partial charge in [0.1, 0.15) is 11.6 Å². The van der Waals surface area contributed by atoms with Crippen LogP contribution in [0, 0.1) is 0 Å². The van der Waals surface area contributed by atoms with Gasteiger partial charge in [0, 0.05) is 49.2 Å². The summed E-state index contributed by atoms with van der Waals surface area (Å²) in [4.78, 5) is 14.6. The Morgan fingerprint density at radius 2 is 1.49 bits per heavy atom. The third-order valence-corrected chi connectivity index (χ3v) is 9.09. The van der Waals surface area contributed by atoms with Gasteiger partial charge in [0.25, 0.3) is 0 Å². The van der Waals surface area contributed by atoms with E-state index < -0.39 is 0 Å². The first-order valence-electron chi connectivity index (χ1n) is 14.3. The predicted octanol–water partition coefficient (Wildman–Crippen LogP) is 6.83. The van der Waals surface area contributed by atoms with Crippen molar-refractivity contribution in [1.82, 2.24) is 15.3 Å². The Hall–Kier alpha value is -2.90. The second kappa shape index (κ2) is 11.7. The molecule has 2 aliphatic heterocycles. The monoisotopic (exact) mass is 560 g/mol. The first-order valence-corrected chi connectivity index (χ1v) is 15.1. The maximum Gasteiger partial charge on any atom is 0.232 e. The van der Waals surface area contributed by atoms with E-state index in [1.165, 1.54) is 55.2 Å². The molecule has 3 heterocycles. The lowest BCUT2D eigenvalue weighted by atomic mass is 9.69. The van der Waals surface area contributed by atoms with Crippen LogP contribution in [0.5, 0.6) is 0 Å². The third kappa shape index (κ3) is 5.99. The van der Waals surface area contributed by atoms with Crippen molar-refractivity contribution in [2.45, 2.75) is 69.9 Å². The van der Waals surface area contributed by atoms with Gasteiger partial charge in [-0.15, -0.1) is 0 Å². The molecular weight excluding hydrogens is 524 g/mol. The molecule has 0 bridgehead atoms. The lowest BCUT2D eigenvalue weighted by Gasteiger charge is -2.38. The Labute approximate surface area is 242 Å². The topological polar surface area (TPSA) is 56.3 Å². The Bertz CT molecular complexity index is 1290. The summed E-state index contributed by atoms with van der Waals surface area (Å²) in [5.74, 6) is 2.47. The van der Waals surface area contributed by atoms with Gasteiger partial charge in [0.2, 0.25) is 5.95 Å². The average molecular weight is 561 g/mol. The number of halogens is 1. The Morgan fingerprint density at radius 3 is 2.18 bits per heavy atom. The molecule has 0 amide bonds. The molecule has 0 atom stereocenters. The molecule has 6 nitrogen and oxygen atoms in total. The van der Waals surface area contributed by atoms with E-state index in [2.05, 4.69) is 69.0 Å². The van der Waals surface area contributed by atoms with E-state index in [4.69, 9.17) is 33.8 Å². The number of thiocarbonyl (C=S) groups is 1. The van der Waals surface area contributed by atoms with E-state index in [1.54, 1.807) is 0 Å². The van der Waals surface area contributed by atoms with Gasteiger partial charge in [-0.3, -0.25) is 0 Å². The molecule has 2 fully saturated rings. The lowest BCUT2D eigenvalue weighted by Crippen LogP contribution is -2.43. The summed E-state index contributed by atoms with van der Waals surface area (Å²) in [7, 11) is 0. The van der Waals surface area contributed by atoms with Crippen molar-refractivity contribution >= 4 is 46.5 Å². The number of aromatic nitrogens is 2. The maximum atomic E-state index is 6.39. The first-order chi connectivity index (χ1) is 19.1. The first kappa shape index (κ1) is 26.3. The van der Waals surface area contributed by atoms with Crippen LogP contribution in [0.3, 0.4) is 0 Å². The summed E-state index contributed by atoms with van der Waals surface area (Å²) in [6.07, 6.45) is 9.65. The molecule has 2 N–H and O–H groups in total. The Balaban J connectivity index is 1.21. The quantitative estimate of drug-likeness (QED) is 0.320. The van der Waals surface area contributed by atoms with Gasteiger partial charge in [-0.05, 0) is 73.1 Å². The standard InChI is InChI=1S/C31H37ClN6S/c32-26-13-9-12-25(18-26)31(14-5-1-6-15-31)22-33-30(39)36-29-34-27(37-16-7-2-8-17-37)19-28(35-29)38-20-23-10-3-4-11-24(23)21-38/h3-4,9-13,18-19H,1-2,5-8,14-17,20-22H2,(H2,33,34,35,36,39). The zero-order valence-electron chi connectivity index (χ0n) is 22.5. The number of fused-ring (bicyclic) bond motifs is 1. The van der Waals surface area contributed by atoms with Crippen molar-refractivity contribution in [3.63, 3.8) is 0 Å². The minimum absolute atomic E-state index is 0.0257. The number of nitrogens with zero attached hydrogens (tertiary/aromatic N) is 4. The molecular formula is C31H37ClN6S. The highest BCUT2D eigenvalue weighted by molar-refractivity contribution is 7.80. The number of rotatable bonds is 6. The summed E-state index contributed by atoms with van der Waals surface area (Å²) in [6.45, 7) is 4.54. The lowest BCUT2D eigenvalue weighted by molar-refractivity contribution is 0.292. The molecule has 39 heavy (non-hydrogen) atoms. The number of hydrogen-bond donors (Lipinski definition) is 2. The molecule has 2 aromatic carbocycles. The minimum Gasteiger partial charge on any atom is -0.361 e. The number of piperidine rings is 1. The average Bonchev–Trinajstić information content (AvgIpc) is 3.42. The van der Waals surface area contributed by atoms with Crippen LogP contribution in [0.15, 0.2) is 54.6 Å². The summed E-state index contributed by atoms with van der Waals surface area (Å²) in [5, 5.41) is 8.23. The van der Waals surface area contributed by atoms with E-state index in [0.717, 1.165) is 62.2 Å². The van der Waals surface area contributed by atoms with Gasteiger partial charge >= 0.3 is 0 Å². The fraction of sp³-hybridized carbons (Fsp3) is 0.452. The fourth-order valence-corrected chi connectivity index (χ4v) is 6.78. The second-order valence-corrected chi connectivity index (χ2v) is 12.1. The normalized spacial score (nSPS) is 18.5. The van der Waals surface area contributed by atoms with Crippen LogP contribution in [0.1, 0.15) is 68.1 Å². The third-order valence-electron chi connectivity index (χ3n) is 8.60. The van der Waals surface area contributed by atoms with Crippen molar-refractivity contribution in [1.29, 1.82) is 0 Å². The van der Waals surface area contributed by atoms with Gasteiger partial charge in [-0.1, -0.05) is 67.3 Å². The van der Waals surface area contributed by atoms with Gasteiger partial charge in [-0.2, -0.15) is 9.97 Å². The summed E-state index contributed by atoms with van der Waals surface area (Å²) < 4.78 is 0. The predicted molar refractivity (Wildman–Crippen MR) is 165 cm³/mol. The van der Waals surface area contributed by atoms with Crippen LogP contribution in [0.25, 0.3) is 0 Å². The molecule has 0 unspecified atom stereocenters. The van der Waals surface area contributed by atoms with Gasteiger partial charge in [-0.25, -0.2) is 0 Å². The van der Waals surface area contributed by atoms with Crippen molar-refractivity contribution in [2.75, 3.05) is 34.8 Å². The molecule has 6 rings (SSSR count). The minimum atomic E-state index is 0.0257. The molecule has 0 radical (unpaired) electrons. The van der Waals surface area contributed by atoms with E-state index in [9.17, 15) is 0 Å². The summed E-state index contributed by atoms with van der Waals surface area (Å²) in [5.41, 5.74) is 4.05. The van der Waals surface area contributed by atoms with Crippen molar-refractivity contribution < 1.29 is 0 Å². The molecule has 1 saturated heterocycles. The zero-order valence-corrected chi connectivity index (χ0v) is 24.0. The van der Waals surface area contributed by atoms with Crippen molar-refractivity contribution in [3.05, 3.63) is 76.3 Å². The molecule has 3 aliphatic rings. The summed E-state index contributed by atoms with van der Waals surface area (Å²) >= 11 is 12.2. The van der Waals surface area contributed by atoms with Crippen molar-refractivity contribution in [2.24, 2.45) is 0 Å². The highest BCUT2D eigenvalue weighted by Gasteiger charge is 2.34. The van der Waals surface area contributed by atoms with E-state index in [0.29, 0.717) is 11.1 Å². The van der Waals surface area contributed by atoms with Crippen molar-refractivity contribution in [3.8, 4) is 0 Å². The van der Waals surface area contributed by atoms with Crippen LogP contribution < -0.4 is 20.4 Å².